The van der Waals surface area contributed by atoms with Crippen molar-refractivity contribution in [1.29, 1.82) is 0 Å². The zero-order chi connectivity index (χ0) is 14.5. The first-order valence-electron chi connectivity index (χ1n) is 7.65. The average Bonchev–Trinajstić information content (AvgIpc) is 3.02. The molecule has 3 rings (SSSR count). The van der Waals surface area contributed by atoms with Crippen molar-refractivity contribution in [3.63, 3.8) is 0 Å². The number of piperidine rings is 1. The van der Waals surface area contributed by atoms with Crippen molar-refractivity contribution in [3.8, 4) is 0 Å². The summed E-state index contributed by atoms with van der Waals surface area (Å²) in [5.74, 6) is 0.586. The van der Waals surface area contributed by atoms with E-state index in [0.717, 1.165) is 37.2 Å². The summed E-state index contributed by atoms with van der Waals surface area (Å²) in [5.41, 5.74) is 1.76. The summed E-state index contributed by atoms with van der Waals surface area (Å²) in [6.07, 6.45) is 2.46. The Kier molecular flexibility index (Phi) is 4.85. The Labute approximate surface area is 125 Å². The molecule has 21 heavy (non-hydrogen) atoms. The molecular formula is C16H22N2O3. The van der Waals surface area contributed by atoms with Gasteiger partial charge in [0.05, 0.1) is 13.2 Å². The summed E-state index contributed by atoms with van der Waals surface area (Å²) < 4.78 is 11.0. The highest BCUT2D eigenvalue weighted by Crippen LogP contribution is 2.25. The lowest BCUT2D eigenvalue weighted by Gasteiger charge is -2.22. The number of anilines is 1. The maximum absolute atomic E-state index is 12.1. The maximum atomic E-state index is 12.1. The van der Waals surface area contributed by atoms with Gasteiger partial charge in [-0.05, 0) is 44.0 Å². The van der Waals surface area contributed by atoms with Crippen molar-refractivity contribution in [2.45, 2.75) is 25.6 Å². The van der Waals surface area contributed by atoms with Gasteiger partial charge in [-0.2, -0.15) is 0 Å². The number of ether oxygens (including phenoxy) is 2. The fraction of sp³-hybridized carbons (Fsp3) is 0.562. The second-order valence-corrected chi connectivity index (χ2v) is 5.64. The number of nitrogens with one attached hydrogen (secondary N) is 2. The smallest absolute Gasteiger partial charge is 0.224 e. The number of amides is 1. The van der Waals surface area contributed by atoms with Crippen LogP contribution in [0.5, 0.6) is 0 Å². The number of benzene rings is 1. The van der Waals surface area contributed by atoms with Gasteiger partial charge in [-0.3, -0.25) is 4.79 Å². The van der Waals surface area contributed by atoms with Crippen LogP contribution in [0.15, 0.2) is 24.3 Å². The molecule has 1 aromatic rings. The minimum atomic E-state index is -0.300. The molecular weight excluding hydrogens is 268 g/mol. The lowest BCUT2D eigenvalue weighted by atomic mass is 9.94. The third kappa shape index (κ3) is 4.03. The van der Waals surface area contributed by atoms with E-state index in [4.69, 9.17) is 9.47 Å². The van der Waals surface area contributed by atoms with E-state index in [0.29, 0.717) is 25.6 Å². The van der Waals surface area contributed by atoms with Crippen LogP contribution in [-0.2, 0) is 14.3 Å². The van der Waals surface area contributed by atoms with E-state index >= 15 is 0 Å². The van der Waals surface area contributed by atoms with Gasteiger partial charge in [0, 0.05) is 17.7 Å². The van der Waals surface area contributed by atoms with E-state index in [9.17, 15) is 4.79 Å². The van der Waals surface area contributed by atoms with Gasteiger partial charge in [0.1, 0.15) is 0 Å². The average molecular weight is 290 g/mol. The van der Waals surface area contributed by atoms with Crippen LogP contribution in [0, 0.1) is 5.92 Å². The summed E-state index contributed by atoms with van der Waals surface area (Å²) in [5, 5.41) is 6.30. The molecule has 1 aromatic carbocycles. The molecule has 1 amide bonds. The summed E-state index contributed by atoms with van der Waals surface area (Å²) in [7, 11) is 0. The molecule has 0 saturated carbocycles. The lowest BCUT2D eigenvalue weighted by Crippen LogP contribution is -2.30. The molecule has 114 valence electrons. The number of rotatable bonds is 4. The first kappa shape index (κ1) is 14.5. The molecule has 2 N–H and O–H groups in total. The molecule has 0 unspecified atom stereocenters. The molecule has 2 aliphatic rings. The molecule has 0 atom stereocenters. The van der Waals surface area contributed by atoms with Crippen molar-refractivity contribution in [2.75, 3.05) is 31.6 Å². The molecule has 2 heterocycles. The zero-order valence-corrected chi connectivity index (χ0v) is 12.1. The normalized spacial score (nSPS) is 20.6. The van der Waals surface area contributed by atoms with Gasteiger partial charge in [-0.15, -0.1) is 0 Å². The van der Waals surface area contributed by atoms with Crippen LogP contribution in [0.1, 0.15) is 31.1 Å². The van der Waals surface area contributed by atoms with Crippen molar-refractivity contribution in [1.82, 2.24) is 5.32 Å². The molecule has 0 bridgehead atoms. The number of carbonyl (C=O) groups is 1. The van der Waals surface area contributed by atoms with Gasteiger partial charge in [-0.1, -0.05) is 12.1 Å². The summed E-state index contributed by atoms with van der Waals surface area (Å²) in [4.78, 5) is 12.1. The monoisotopic (exact) mass is 290 g/mol. The van der Waals surface area contributed by atoms with E-state index in [-0.39, 0.29) is 12.2 Å². The first-order valence-corrected chi connectivity index (χ1v) is 7.65. The van der Waals surface area contributed by atoms with Crippen LogP contribution in [0.4, 0.5) is 5.69 Å². The number of carbonyl (C=O) groups excluding carboxylic acids is 1. The molecule has 0 spiro atoms. The molecule has 2 saturated heterocycles. The van der Waals surface area contributed by atoms with Gasteiger partial charge in [0.15, 0.2) is 6.29 Å². The van der Waals surface area contributed by atoms with E-state index in [1.54, 1.807) is 0 Å². The number of hydrogen-bond donors (Lipinski definition) is 2. The van der Waals surface area contributed by atoms with Crippen molar-refractivity contribution < 1.29 is 14.3 Å². The quantitative estimate of drug-likeness (QED) is 0.891. The molecule has 5 heteroatoms. The highest BCUT2D eigenvalue weighted by Gasteiger charge is 2.19. The van der Waals surface area contributed by atoms with Crippen LogP contribution in [0.3, 0.4) is 0 Å². The fourth-order valence-electron chi connectivity index (χ4n) is 2.87. The van der Waals surface area contributed by atoms with Crippen LogP contribution in [0.25, 0.3) is 0 Å². The second kappa shape index (κ2) is 7.02. The van der Waals surface area contributed by atoms with Gasteiger partial charge >= 0.3 is 0 Å². The second-order valence-electron chi connectivity index (χ2n) is 5.64. The van der Waals surface area contributed by atoms with E-state index in [1.165, 1.54) is 0 Å². The van der Waals surface area contributed by atoms with Crippen LogP contribution >= 0.6 is 0 Å². The number of hydrogen-bond acceptors (Lipinski definition) is 4. The molecule has 0 radical (unpaired) electrons. The van der Waals surface area contributed by atoms with Crippen LogP contribution in [-0.4, -0.2) is 32.2 Å². The highest BCUT2D eigenvalue weighted by molar-refractivity contribution is 5.90. The van der Waals surface area contributed by atoms with Gasteiger partial charge < -0.3 is 20.1 Å². The topological polar surface area (TPSA) is 59.6 Å². The maximum Gasteiger partial charge on any atom is 0.224 e. The van der Waals surface area contributed by atoms with Crippen LogP contribution < -0.4 is 10.6 Å². The van der Waals surface area contributed by atoms with E-state index in [2.05, 4.69) is 10.6 Å². The summed E-state index contributed by atoms with van der Waals surface area (Å²) in [6.45, 7) is 3.28. The largest absolute Gasteiger partial charge is 0.346 e. The molecule has 2 fully saturated rings. The van der Waals surface area contributed by atoms with Gasteiger partial charge in [0.25, 0.3) is 0 Å². The third-order valence-electron chi connectivity index (χ3n) is 4.00. The Bertz CT molecular complexity index is 480. The zero-order valence-electron chi connectivity index (χ0n) is 12.1. The van der Waals surface area contributed by atoms with Crippen molar-refractivity contribution in [2.24, 2.45) is 5.92 Å². The summed E-state index contributed by atoms with van der Waals surface area (Å²) in [6, 6.07) is 7.70. The van der Waals surface area contributed by atoms with Gasteiger partial charge in [0.2, 0.25) is 5.91 Å². The lowest BCUT2D eigenvalue weighted by molar-refractivity contribution is -0.117. The first-order chi connectivity index (χ1) is 10.3. The Morgan fingerprint density at radius 3 is 2.76 bits per heavy atom. The standard InChI is InChI=1S/C16H22N2O3/c19-15(10-12-4-6-17-7-5-12)18-14-3-1-2-13(11-14)16-20-8-9-21-16/h1-3,11-12,16-17H,4-10H2,(H,18,19). The predicted molar refractivity (Wildman–Crippen MR) is 79.9 cm³/mol. The fourth-order valence-corrected chi connectivity index (χ4v) is 2.87. The van der Waals surface area contributed by atoms with Crippen molar-refractivity contribution >= 4 is 11.6 Å². The Morgan fingerprint density at radius 1 is 1.24 bits per heavy atom. The summed E-state index contributed by atoms with van der Waals surface area (Å²) >= 11 is 0. The minimum absolute atomic E-state index is 0.0901. The van der Waals surface area contributed by atoms with Crippen LogP contribution in [0.2, 0.25) is 0 Å². The molecule has 2 aliphatic heterocycles. The third-order valence-corrected chi connectivity index (χ3v) is 4.00. The van der Waals surface area contributed by atoms with E-state index in [1.807, 2.05) is 24.3 Å². The Hall–Kier alpha value is -1.43. The molecule has 5 nitrogen and oxygen atoms in total. The van der Waals surface area contributed by atoms with Gasteiger partial charge in [-0.25, -0.2) is 0 Å². The molecule has 0 aliphatic carbocycles. The Morgan fingerprint density at radius 2 is 2.00 bits per heavy atom. The van der Waals surface area contributed by atoms with E-state index < -0.39 is 0 Å². The predicted octanol–water partition coefficient (Wildman–Crippen LogP) is 2.06. The highest BCUT2D eigenvalue weighted by atomic mass is 16.7. The minimum Gasteiger partial charge on any atom is -0.346 e. The molecule has 0 aromatic heterocycles. The SMILES string of the molecule is O=C(CC1CCNCC1)Nc1cccc(C2OCCO2)c1. The Balaban J connectivity index is 1.56. The van der Waals surface area contributed by atoms with Crippen molar-refractivity contribution in [3.05, 3.63) is 29.8 Å².